The van der Waals surface area contributed by atoms with Crippen molar-refractivity contribution in [3.63, 3.8) is 0 Å². The van der Waals surface area contributed by atoms with Crippen LogP contribution in [0.2, 0.25) is 0 Å². The summed E-state index contributed by atoms with van der Waals surface area (Å²) in [4.78, 5) is 22.3. The van der Waals surface area contributed by atoms with E-state index in [-0.39, 0.29) is 23.0 Å². The largest absolute Gasteiger partial charge is 0.340 e. The highest BCUT2D eigenvalue weighted by Gasteiger charge is 2.24. The molecule has 7 nitrogen and oxygen atoms in total. The van der Waals surface area contributed by atoms with Crippen LogP contribution in [0, 0.1) is 3.57 Å². The Labute approximate surface area is 211 Å². The van der Waals surface area contributed by atoms with Gasteiger partial charge in [0, 0.05) is 67.9 Å². The fourth-order valence-corrected chi connectivity index (χ4v) is 6.65. The maximum Gasteiger partial charge on any atom is 0.223 e. The molecule has 1 aliphatic heterocycles. The van der Waals surface area contributed by atoms with Gasteiger partial charge in [0.25, 0.3) is 0 Å². The van der Waals surface area contributed by atoms with E-state index < -0.39 is 9.84 Å². The summed E-state index contributed by atoms with van der Waals surface area (Å²) in [5.74, 6) is -0.266. The maximum atomic E-state index is 12.9. The molecule has 1 saturated heterocycles. The molecule has 4 rings (SSSR count). The van der Waals surface area contributed by atoms with Crippen LogP contribution in [0.3, 0.4) is 0 Å². The molecule has 0 aliphatic carbocycles. The van der Waals surface area contributed by atoms with Crippen molar-refractivity contribution >= 4 is 60.4 Å². The summed E-state index contributed by atoms with van der Waals surface area (Å²) in [6, 6.07) is 11.1. The molecule has 0 spiro atoms. The fourth-order valence-electron chi connectivity index (χ4n) is 4.02. The number of aromatic nitrogens is 1. The van der Waals surface area contributed by atoms with Crippen molar-refractivity contribution in [1.82, 2.24) is 14.4 Å². The second-order valence-corrected chi connectivity index (χ2v) is 12.4. The van der Waals surface area contributed by atoms with Gasteiger partial charge in [-0.05, 0) is 57.6 Å². The first-order valence-corrected chi connectivity index (χ1v) is 14.4. The average Bonchev–Trinajstić information content (AvgIpc) is 3.16. The number of thiazole rings is 1. The summed E-state index contributed by atoms with van der Waals surface area (Å²) in [6.45, 7) is 3.60. The molecule has 0 atom stereocenters. The zero-order chi connectivity index (χ0) is 23.6. The normalized spacial score (nSPS) is 16.0. The number of nitrogens with zero attached hydrogens (tertiary/aromatic N) is 4. The smallest absolute Gasteiger partial charge is 0.223 e. The molecule has 3 aromatic rings. The first kappa shape index (κ1) is 24.4. The highest BCUT2D eigenvalue weighted by molar-refractivity contribution is 14.1. The Hall–Kier alpha value is -1.76. The minimum atomic E-state index is -3.52. The lowest BCUT2D eigenvalue weighted by atomic mass is 10.1. The lowest BCUT2D eigenvalue weighted by Crippen LogP contribution is -2.48. The number of hydrogen-bond acceptors (Lipinski definition) is 6. The predicted octanol–water partition coefficient (Wildman–Crippen LogP) is 2.88. The van der Waals surface area contributed by atoms with E-state index in [0.29, 0.717) is 13.1 Å². The van der Waals surface area contributed by atoms with Gasteiger partial charge in [-0.15, -0.1) is 11.3 Å². The molecule has 176 valence electrons. The van der Waals surface area contributed by atoms with Crippen LogP contribution >= 0.6 is 33.9 Å². The van der Waals surface area contributed by atoms with Crippen molar-refractivity contribution in [2.75, 3.05) is 39.0 Å². The van der Waals surface area contributed by atoms with Gasteiger partial charge in [-0.25, -0.2) is 8.42 Å². The molecular weight excluding hydrogens is 571 g/mol. The molecule has 0 N–H and O–H groups in total. The Balaban J connectivity index is 1.31. The highest BCUT2D eigenvalue weighted by atomic mass is 127. The molecule has 0 radical (unpaired) electrons. The summed E-state index contributed by atoms with van der Waals surface area (Å²) < 4.78 is 28.9. The van der Waals surface area contributed by atoms with Crippen LogP contribution in [0.1, 0.15) is 12.1 Å². The molecule has 0 saturated carbocycles. The molecular formula is C23H27IN4O3S2. The Morgan fingerprint density at radius 3 is 2.48 bits per heavy atom. The van der Waals surface area contributed by atoms with Gasteiger partial charge in [0.1, 0.15) is 0 Å². The van der Waals surface area contributed by atoms with Crippen molar-refractivity contribution in [1.29, 1.82) is 0 Å². The van der Waals surface area contributed by atoms with E-state index in [1.54, 1.807) is 35.4 Å². The van der Waals surface area contributed by atoms with Crippen molar-refractivity contribution in [3.05, 3.63) is 55.8 Å². The third-order valence-electron chi connectivity index (χ3n) is 6.04. The second kappa shape index (κ2) is 10.2. The van der Waals surface area contributed by atoms with E-state index in [2.05, 4.69) is 42.4 Å². The molecule has 1 fully saturated rings. The van der Waals surface area contributed by atoms with E-state index in [1.165, 1.54) is 5.69 Å². The molecule has 0 bridgehead atoms. The third-order valence-corrected chi connectivity index (χ3v) is 9.48. The molecule has 2 aromatic carbocycles. The van der Waals surface area contributed by atoms with Crippen molar-refractivity contribution in [2.24, 2.45) is 12.0 Å². The summed E-state index contributed by atoms with van der Waals surface area (Å²) in [7, 11) is 0.289. The summed E-state index contributed by atoms with van der Waals surface area (Å²) in [5, 5.41) is 4.02. The maximum absolute atomic E-state index is 12.9. The van der Waals surface area contributed by atoms with Gasteiger partial charge in [-0.1, -0.05) is 12.1 Å². The zero-order valence-electron chi connectivity index (χ0n) is 18.7. The molecule has 0 unspecified atom stereocenters. The Morgan fingerprint density at radius 1 is 1.09 bits per heavy atom. The van der Waals surface area contributed by atoms with Crippen LogP contribution in [-0.2, 0) is 28.2 Å². The lowest BCUT2D eigenvalue weighted by Gasteiger charge is -2.34. The van der Waals surface area contributed by atoms with Crippen LogP contribution in [0.5, 0.6) is 0 Å². The number of halogens is 1. The molecule has 1 aromatic heterocycles. The Kier molecular flexibility index (Phi) is 7.56. The van der Waals surface area contributed by atoms with Crippen LogP contribution in [-0.4, -0.2) is 67.7 Å². The number of benzene rings is 2. The van der Waals surface area contributed by atoms with Gasteiger partial charge in [-0.2, -0.15) is 0 Å². The molecule has 2 heterocycles. The van der Waals surface area contributed by atoms with E-state index in [4.69, 9.17) is 0 Å². The molecule has 33 heavy (non-hydrogen) atoms. The van der Waals surface area contributed by atoms with Gasteiger partial charge in [-0.3, -0.25) is 14.7 Å². The number of fused-ring (bicyclic) bond motifs is 1. The van der Waals surface area contributed by atoms with Gasteiger partial charge in [0.2, 0.25) is 5.91 Å². The van der Waals surface area contributed by atoms with Crippen LogP contribution in [0.25, 0.3) is 10.8 Å². The Bertz CT molecular complexity index is 1340. The number of carbonyl (C=O) groups excluding carboxylic acids is 1. The van der Waals surface area contributed by atoms with Gasteiger partial charge in [0.05, 0.1) is 10.6 Å². The van der Waals surface area contributed by atoms with Crippen LogP contribution in [0.4, 0.5) is 0 Å². The third kappa shape index (κ3) is 5.67. The SMILES string of the molecule is CN=c1scc(CN2CCN(C(=O)CCS(=O)(=O)c3ccc4cc(I)ccc4c3)CC2)n1C. The fraction of sp³-hybridized carbons (Fsp3) is 0.391. The zero-order valence-corrected chi connectivity index (χ0v) is 22.5. The number of piperazine rings is 1. The van der Waals surface area contributed by atoms with Crippen molar-refractivity contribution in [3.8, 4) is 0 Å². The minimum Gasteiger partial charge on any atom is -0.340 e. The standard InChI is InChI=1S/C23H27IN4O3S2/c1-25-23-26(2)20(16-32-23)15-27-8-10-28(11-9-27)22(29)7-12-33(30,31)21-6-4-17-13-19(24)5-3-18(17)14-21/h3-6,13-14,16H,7-12,15H2,1-2H3. The number of amides is 1. The average molecular weight is 599 g/mol. The summed E-state index contributed by atoms with van der Waals surface area (Å²) >= 11 is 3.86. The summed E-state index contributed by atoms with van der Waals surface area (Å²) in [6.07, 6.45) is 0.00785. The van der Waals surface area contributed by atoms with Crippen molar-refractivity contribution in [2.45, 2.75) is 17.9 Å². The molecule has 1 aliphatic rings. The highest BCUT2D eigenvalue weighted by Crippen LogP contribution is 2.22. The van der Waals surface area contributed by atoms with Crippen LogP contribution in [0.15, 0.2) is 51.7 Å². The molecule has 10 heteroatoms. The summed E-state index contributed by atoms with van der Waals surface area (Å²) in [5.41, 5.74) is 1.21. The van der Waals surface area contributed by atoms with Gasteiger partial charge in [0.15, 0.2) is 14.6 Å². The lowest BCUT2D eigenvalue weighted by molar-refractivity contribution is -0.132. The van der Waals surface area contributed by atoms with Gasteiger partial charge >= 0.3 is 0 Å². The van der Waals surface area contributed by atoms with Crippen LogP contribution < -0.4 is 4.80 Å². The quantitative estimate of drug-likeness (QED) is 0.410. The van der Waals surface area contributed by atoms with E-state index >= 15 is 0 Å². The second-order valence-electron chi connectivity index (χ2n) is 8.17. The van der Waals surface area contributed by atoms with E-state index in [0.717, 1.165) is 38.8 Å². The monoisotopic (exact) mass is 598 g/mol. The first-order valence-electron chi connectivity index (χ1n) is 10.8. The first-order chi connectivity index (χ1) is 15.8. The van der Waals surface area contributed by atoms with Gasteiger partial charge < -0.3 is 9.47 Å². The predicted molar refractivity (Wildman–Crippen MR) is 140 cm³/mol. The topological polar surface area (TPSA) is 75.0 Å². The number of rotatable bonds is 6. The van der Waals surface area contributed by atoms with E-state index in [9.17, 15) is 13.2 Å². The minimum absolute atomic E-state index is 0.00785. The number of carbonyl (C=O) groups is 1. The van der Waals surface area contributed by atoms with E-state index in [1.807, 2.05) is 31.3 Å². The Morgan fingerprint density at radius 2 is 1.79 bits per heavy atom. The van der Waals surface area contributed by atoms with Crippen molar-refractivity contribution < 1.29 is 13.2 Å². The molecule has 1 amide bonds. The number of sulfone groups is 1. The number of hydrogen-bond donors (Lipinski definition) is 0.